The summed E-state index contributed by atoms with van der Waals surface area (Å²) >= 11 is 0. The molecule has 7 nitrogen and oxygen atoms in total. The van der Waals surface area contributed by atoms with Gasteiger partial charge in [-0.1, -0.05) is 45.9 Å². The van der Waals surface area contributed by atoms with Gasteiger partial charge in [0.15, 0.2) is 12.3 Å². The van der Waals surface area contributed by atoms with Crippen molar-refractivity contribution in [3.05, 3.63) is 40.3 Å². The summed E-state index contributed by atoms with van der Waals surface area (Å²) in [6.07, 6.45) is 1.62. The third kappa shape index (κ3) is 5.15. The Bertz CT molecular complexity index is 869. The molecule has 0 fully saturated rings. The van der Waals surface area contributed by atoms with Gasteiger partial charge < -0.3 is 10.1 Å². The van der Waals surface area contributed by atoms with Crippen molar-refractivity contribution in [3.8, 4) is 0 Å². The fraction of sp³-hybridized carbons (Fsp3) is 0.500. The maximum absolute atomic E-state index is 12.6. The molecule has 7 heteroatoms. The zero-order valence-corrected chi connectivity index (χ0v) is 16.3. The molecule has 1 N–H and O–H groups in total. The van der Waals surface area contributed by atoms with Crippen LogP contribution in [0.15, 0.2) is 29.1 Å². The number of nitrogens with zero attached hydrogens (tertiary/aromatic N) is 2. The van der Waals surface area contributed by atoms with Gasteiger partial charge in [0.25, 0.3) is 11.5 Å². The monoisotopic (exact) mass is 373 g/mol. The van der Waals surface area contributed by atoms with E-state index in [9.17, 15) is 14.4 Å². The Morgan fingerprint density at radius 1 is 1.15 bits per heavy atom. The first-order chi connectivity index (χ1) is 12.9. The molecule has 1 heterocycles. The van der Waals surface area contributed by atoms with Crippen LogP contribution in [0.25, 0.3) is 10.8 Å². The number of hydrogen-bond acceptors (Lipinski definition) is 5. The van der Waals surface area contributed by atoms with Crippen LogP contribution in [0.4, 0.5) is 0 Å². The standard InChI is InChI=1S/C20H27N3O4/c1-5-14(6-2)21-17(24)12-27-20(26)18-15-9-7-8-10-16(15)19(25)23(22-18)11-13(3)4/h7-10,13-14H,5-6,11-12H2,1-4H3,(H,21,24). The topological polar surface area (TPSA) is 90.3 Å². The molecule has 0 bridgehead atoms. The highest BCUT2D eigenvalue weighted by atomic mass is 16.5. The second-order valence-electron chi connectivity index (χ2n) is 6.93. The predicted molar refractivity (Wildman–Crippen MR) is 104 cm³/mol. The van der Waals surface area contributed by atoms with Crippen molar-refractivity contribution < 1.29 is 14.3 Å². The fourth-order valence-electron chi connectivity index (χ4n) is 2.82. The molecule has 0 radical (unpaired) electrons. The molecule has 27 heavy (non-hydrogen) atoms. The van der Waals surface area contributed by atoms with Crippen molar-refractivity contribution in [1.82, 2.24) is 15.1 Å². The van der Waals surface area contributed by atoms with Gasteiger partial charge in [-0.3, -0.25) is 9.59 Å². The highest BCUT2D eigenvalue weighted by Gasteiger charge is 2.19. The number of amides is 1. The quantitative estimate of drug-likeness (QED) is 0.718. The van der Waals surface area contributed by atoms with Gasteiger partial charge in [0, 0.05) is 18.0 Å². The van der Waals surface area contributed by atoms with E-state index >= 15 is 0 Å². The van der Waals surface area contributed by atoms with Crippen LogP contribution in [-0.4, -0.2) is 34.3 Å². The van der Waals surface area contributed by atoms with Crippen LogP contribution in [0.1, 0.15) is 51.0 Å². The average molecular weight is 373 g/mol. The lowest BCUT2D eigenvalue weighted by Crippen LogP contribution is -2.37. The summed E-state index contributed by atoms with van der Waals surface area (Å²) in [6.45, 7) is 7.89. The van der Waals surface area contributed by atoms with Crippen LogP contribution in [0.5, 0.6) is 0 Å². The highest BCUT2D eigenvalue weighted by molar-refractivity contribution is 6.02. The van der Waals surface area contributed by atoms with Gasteiger partial charge in [0.1, 0.15) is 0 Å². The molecule has 0 spiro atoms. The van der Waals surface area contributed by atoms with Crippen molar-refractivity contribution >= 4 is 22.6 Å². The maximum atomic E-state index is 12.6. The first kappa shape index (κ1) is 20.6. The molecular formula is C20H27N3O4. The molecule has 0 saturated heterocycles. The van der Waals surface area contributed by atoms with Crippen LogP contribution in [0.2, 0.25) is 0 Å². The van der Waals surface area contributed by atoms with E-state index in [2.05, 4.69) is 10.4 Å². The van der Waals surface area contributed by atoms with Crippen molar-refractivity contribution in [2.45, 2.75) is 53.1 Å². The summed E-state index contributed by atoms with van der Waals surface area (Å²) in [5.74, 6) is -0.883. The smallest absolute Gasteiger partial charge is 0.359 e. The summed E-state index contributed by atoms with van der Waals surface area (Å²) in [4.78, 5) is 37.1. The van der Waals surface area contributed by atoms with Crippen molar-refractivity contribution in [3.63, 3.8) is 0 Å². The van der Waals surface area contributed by atoms with Gasteiger partial charge in [-0.15, -0.1) is 0 Å². The number of nitrogens with one attached hydrogen (secondary N) is 1. The van der Waals surface area contributed by atoms with Crippen LogP contribution in [0, 0.1) is 5.92 Å². The Kier molecular flexibility index (Phi) is 7.10. The van der Waals surface area contributed by atoms with E-state index in [1.54, 1.807) is 24.3 Å². The van der Waals surface area contributed by atoms with Crippen molar-refractivity contribution in [2.24, 2.45) is 5.92 Å². The maximum Gasteiger partial charge on any atom is 0.359 e. The number of esters is 1. The summed E-state index contributed by atoms with van der Waals surface area (Å²) in [5.41, 5.74) is -0.205. The molecular weight excluding hydrogens is 346 g/mol. The van der Waals surface area contributed by atoms with Gasteiger partial charge in [-0.05, 0) is 24.8 Å². The Hall–Kier alpha value is -2.70. The SMILES string of the molecule is CCC(CC)NC(=O)COC(=O)c1nn(CC(C)C)c(=O)c2ccccc12. The third-order valence-corrected chi connectivity index (χ3v) is 4.28. The van der Waals surface area contributed by atoms with E-state index in [-0.39, 0.29) is 35.7 Å². The lowest BCUT2D eigenvalue weighted by molar-refractivity contribution is -0.125. The predicted octanol–water partition coefficient (Wildman–Crippen LogP) is 2.51. The molecule has 0 unspecified atom stereocenters. The molecule has 1 aromatic heterocycles. The van der Waals surface area contributed by atoms with E-state index in [1.807, 2.05) is 27.7 Å². The van der Waals surface area contributed by atoms with Gasteiger partial charge in [0.05, 0.1) is 5.39 Å². The van der Waals surface area contributed by atoms with Crippen LogP contribution >= 0.6 is 0 Å². The number of fused-ring (bicyclic) bond motifs is 1. The van der Waals surface area contributed by atoms with Crippen LogP contribution in [-0.2, 0) is 16.1 Å². The molecule has 0 aliphatic heterocycles. The van der Waals surface area contributed by atoms with Crippen molar-refractivity contribution in [2.75, 3.05) is 6.61 Å². The van der Waals surface area contributed by atoms with Gasteiger partial charge in [0.2, 0.25) is 0 Å². The van der Waals surface area contributed by atoms with E-state index in [1.165, 1.54) is 4.68 Å². The number of aromatic nitrogens is 2. The third-order valence-electron chi connectivity index (χ3n) is 4.28. The molecule has 1 aromatic carbocycles. The average Bonchev–Trinajstić information content (AvgIpc) is 2.66. The summed E-state index contributed by atoms with van der Waals surface area (Å²) in [5, 5.41) is 7.85. The van der Waals surface area contributed by atoms with Gasteiger partial charge in [-0.25, -0.2) is 9.48 Å². The highest BCUT2D eigenvalue weighted by Crippen LogP contribution is 2.14. The number of rotatable bonds is 8. The zero-order chi connectivity index (χ0) is 20.0. The molecule has 0 aliphatic carbocycles. The minimum atomic E-state index is -0.719. The Morgan fingerprint density at radius 3 is 2.37 bits per heavy atom. The van der Waals surface area contributed by atoms with Crippen molar-refractivity contribution in [1.29, 1.82) is 0 Å². The van der Waals surface area contributed by atoms with Crippen LogP contribution < -0.4 is 10.9 Å². The van der Waals surface area contributed by atoms with E-state index in [4.69, 9.17) is 4.74 Å². The van der Waals surface area contributed by atoms with E-state index in [0.29, 0.717) is 17.3 Å². The molecule has 2 rings (SSSR count). The Balaban J connectivity index is 2.26. The molecule has 1 amide bonds. The van der Waals surface area contributed by atoms with E-state index in [0.717, 1.165) is 12.8 Å². The molecule has 2 aromatic rings. The summed E-state index contributed by atoms with van der Waals surface area (Å²) in [6, 6.07) is 6.84. The first-order valence-corrected chi connectivity index (χ1v) is 9.33. The minimum Gasteiger partial charge on any atom is -0.451 e. The normalized spacial score (nSPS) is 11.2. The number of hydrogen-bond donors (Lipinski definition) is 1. The zero-order valence-electron chi connectivity index (χ0n) is 16.3. The Morgan fingerprint density at radius 2 is 1.78 bits per heavy atom. The van der Waals surface area contributed by atoms with Crippen LogP contribution in [0.3, 0.4) is 0 Å². The minimum absolute atomic E-state index is 0.0428. The summed E-state index contributed by atoms with van der Waals surface area (Å²) < 4.78 is 6.44. The second kappa shape index (κ2) is 9.30. The fourth-order valence-corrected chi connectivity index (χ4v) is 2.82. The van der Waals surface area contributed by atoms with Gasteiger partial charge in [-0.2, -0.15) is 5.10 Å². The molecule has 0 atom stereocenters. The number of carbonyl (C=O) groups is 2. The molecule has 0 saturated carbocycles. The first-order valence-electron chi connectivity index (χ1n) is 9.33. The Labute approximate surface area is 158 Å². The lowest BCUT2D eigenvalue weighted by atomic mass is 10.1. The van der Waals surface area contributed by atoms with E-state index < -0.39 is 5.97 Å². The second-order valence-corrected chi connectivity index (χ2v) is 6.93. The largest absolute Gasteiger partial charge is 0.451 e. The number of carbonyl (C=O) groups excluding carboxylic acids is 2. The molecule has 0 aliphatic rings. The lowest BCUT2D eigenvalue weighted by Gasteiger charge is -2.15. The number of ether oxygens (including phenoxy) is 1. The van der Waals surface area contributed by atoms with Gasteiger partial charge >= 0.3 is 5.97 Å². The molecule has 146 valence electrons. The number of benzene rings is 1. The summed E-state index contributed by atoms with van der Waals surface area (Å²) in [7, 11) is 0.